The minimum atomic E-state index is -0.931. The van der Waals surface area contributed by atoms with Crippen molar-refractivity contribution in [2.24, 2.45) is 0 Å². The summed E-state index contributed by atoms with van der Waals surface area (Å²) in [6.07, 6.45) is -0.505. The first-order chi connectivity index (χ1) is 48.9. The zero-order valence-electron chi connectivity index (χ0n) is 59.6. The number of aliphatic hydroxyl groups is 2. The van der Waals surface area contributed by atoms with E-state index in [9.17, 15) is 43.4 Å². The van der Waals surface area contributed by atoms with Crippen LogP contribution in [0.4, 0.5) is 4.39 Å². The molecule has 104 heavy (non-hydrogen) atoms. The van der Waals surface area contributed by atoms with E-state index in [1.165, 1.54) is 88.4 Å². The maximum atomic E-state index is 13.9. The molecule has 10 aromatic rings. The van der Waals surface area contributed by atoms with E-state index in [4.69, 9.17) is 60.4 Å². The zero-order chi connectivity index (χ0) is 74.6. The number of hydroxylamine groups is 2. The van der Waals surface area contributed by atoms with Gasteiger partial charge in [0, 0.05) is 92.6 Å². The van der Waals surface area contributed by atoms with Gasteiger partial charge in [0.1, 0.15) is 35.3 Å². The maximum absolute atomic E-state index is 13.9. The van der Waals surface area contributed by atoms with Crippen LogP contribution in [-0.4, -0.2) is 130 Å². The summed E-state index contributed by atoms with van der Waals surface area (Å²) in [5, 5.41) is 24.2. The number of amides is 1. The summed E-state index contributed by atoms with van der Waals surface area (Å²) in [4.78, 5) is 77.1. The summed E-state index contributed by atoms with van der Waals surface area (Å²) in [6, 6.07) is 38.4. The molecule has 22 nitrogen and oxygen atoms in total. The first kappa shape index (κ1) is 88.6. The Bertz CT molecular complexity index is 4430. The van der Waals surface area contributed by atoms with Crippen LogP contribution in [0.25, 0.3) is 21.4 Å². The molecule has 0 spiro atoms. The second kappa shape index (κ2) is 44.9. The van der Waals surface area contributed by atoms with Gasteiger partial charge in [-0.3, -0.25) is 33.6 Å². The van der Waals surface area contributed by atoms with E-state index in [1.807, 2.05) is 23.6 Å². The molecule has 2 N–H and O–H groups in total. The fraction of sp³-hybridized carbons (Fsp3) is 0.270. The monoisotopic (exact) mass is 1710 g/mol. The molecule has 5 aromatic carbocycles. The Morgan fingerprint density at radius 3 is 1.19 bits per heavy atom. The van der Waals surface area contributed by atoms with Crippen LogP contribution in [0.2, 0.25) is 0 Å². The third-order valence-electron chi connectivity index (χ3n) is 15.0. The number of benzene rings is 5. The van der Waals surface area contributed by atoms with Gasteiger partial charge in [0.2, 0.25) is 5.91 Å². The Morgan fingerprint density at radius 1 is 0.452 bits per heavy atom. The number of carbonyl (C=O) groups is 6. The van der Waals surface area contributed by atoms with Crippen molar-refractivity contribution >= 4 is 128 Å². The van der Waals surface area contributed by atoms with Crippen LogP contribution in [0.1, 0.15) is 129 Å². The number of methoxy groups -OCH3 is 8. The van der Waals surface area contributed by atoms with Gasteiger partial charge in [-0.25, -0.2) is 9.45 Å². The average Bonchev–Trinajstić information content (AvgIpc) is 1.65. The molecule has 0 aliphatic heterocycles. The fourth-order valence-corrected chi connectivity index (χ4v) is 11.8. The number of furan rings is 4. The predicted molar refractivity (Wildman–Crippen MR) is 400 cm³/mol. The normalized spacial score (nSPS) is 10.9. The number of thiophene rings is 1. The van der Waals surface area contributed by atoms with Crippen LogP contribution < -0.4 is 67.5 Å². The van der Waals surface area contributed by atoms with E-state index in [0.717, 1.165) is 25.4 Å². The van der Waals surface area contributed by atoms with Gasteiger partial charge in [0.25, 0.3) is 0 Å². The van der Waals surface area contributed by atoms with Crippen LogP contribution in [0, 0.1) is 5.82 Å². The number of ketones is 5. The van der Waals surface area contributed by atoms with Crippen LogP contribution in [0.5, 0.6) is 46.0 Å². The molecule has 0 saturated heterocycles. The topological polar surface area (TPSA) is 282 Å². The third kappa shape index (κ3) is 26.1. The average molecular weight is 1720 g/mol. The molecule has 5 heterocycles. The van der Waals surface area contributed by atoms with Crippen LogP contribution in [0.15, 0.2) is 181 Å². The van der Waals surface area contributed by atoms with E-state index in [2.05, 4.69) is 63.7 Å². The van der Waals surface area contributed by atoms with Gasteiger partial charge in [-0.05, 0) is 204 Å². The fourth-order valence-electron chi connectivity index (χ4n) is 9.42. The van der Waals surface area contributed by atoms with E-state index >= 15 is 0 Å². The maximum Gasteiger partial charge on any atom is 1.00 e. The molecular formula is C74H75BBr4FNNaO21S. The molecule has 3 radical (unpaired) electrons. The van der Waals surface area contributed by atoms with E-state index in [-0.39, 0.29) is 137 Å². The minimum absolute atomic E-state index is 0. The Kier molecular flexibility index (Phi) is 38.2. The van der Waals surface area contributed by atoms with Crippen LogP contribution in [-0.2, 0) is 9.63 Å². The number of hydrogen-bond donors (Lipinski definition) is 2. The number of halogens is 5. The molecule has 0 aliphatic carbocycles. The summed E-state index contributed by atoms with van der Waals surface area (Å²) >= 11 is 13.9. The van der Waals surface area contributed by atoms with E-state index in [0.29, 0.717) is 99.6 Å². The van der Waals surface area contributed by atoms with E-state index in [1.54, 1.807) is 115 Å². The van der Waals surface area contributed by atoms with Gasteiger partial charge >= 0.3 is 29.6 Å². The molecule has 30 heteroatoms. The van der Waals surface area contributed by atoms with Gasteiger partial charge in [-0.2, -0.15) is 0 Å². The number of ether oxygens (including phenoxy) is 8. The first-order valence-corrected chi connectivity index (χ1v) is 34.9. The summed E-state index contributed by atoms with van der Waals surface area (Å²) < 4.78 is 79.5. The number of Topliss-reactive ketones (excluding diaryl/α,β-unsaturated/α-hetero) is 5. The Balaban J connectivity index is 0.000000353. The number of nitrogens with zero attached hydrogens (tertiary/aromatic N) is 1. The smallest absolute Gasteiger partial charge is 1.00 e. The zero-order valence-corrected chi connectivity index (χ0v) is 67.8. The molecule has 5 aromatic heterocycles. The standard InChI is InChI=1S/C24H21FO5S.C16H17BrO5.C16H15BrO5.C14H19NO5.C4H2Br2O.B.Na.H/c1-28-22-9-6-14(12-23(22)29-2)18(26)7-8-19(27)21-11-10-20(30-21)16-13-31-24-15(16)4-3-5-17(24)25;2*1-20-14-6-3-10(9-15(14)21-2)11(18)4-5-12(19)13-7-8-16(17)22-13;1-15(20-4)14(17)8-6-11(16)10-5-7-12(18-2)13(9-10)19-3;5-3-1-2-4(6)7-3;;;/h3-6,9-13,19,27H,7-8H2,1-2H3;3,6-9,12,19H,4-5H2,1-2H3;3,6-9H,4-5H2,1-2H3;5,7,9H,6,8H2,1-4H3;1-2H;;;/q;;;;;;+1;-1. The molecule has 0 aliphatic rings. The van der Waals surface area contributed by atoms with Gasteiger partial charge in [0.05, 0.1) is 68.7 Å². The third-order valence-corrected chi connectivity index (χ3v) is 17.7. The summed E-state index contributed by atoms with van der Waals surface area (Å²) in [5.74, 6) is 4.57. The molecule has 1 amide bonds. The van der Waals surface area contributed by atoms with Crippen molar-refractivity contribution in [3.8, 4) is 57.3 Å². The van der Waals surface area contributed by atoms with Crippen molar-refractivity contribution in [3.05, 3.63) is 209 Å². The molecular weight excluding hydrogens is 1640 g/mol. The predicted octanol–water partition coefficient (Wildman–Crippen LogP) is 14.9. The van der Waals surface area contributed by atoms with Crippen LogP contribution in [0.3, 0.4) is 0 Å². The van der Waals surface area contributed by atoms with Gasteiger partial charge < -0.3 is 67.2 Å². The number of fused-ring (bicyclic) bond motifs is 1. The number of aliphatic hydroxyl groups excluding tert-OH is 2. The quantitative estimate of drug-likeness (QED) is 0.0250. The SMILES string of the molecule is Brc1ccc(Br)o1.COc1ccc(C(=O)CCC(=O)N(C)OC)cc1OC.COc1ccc(C(=O)CCC(=O)c2ccc(Br)o2)cc1OC.COc1ccc(C(=O)CCC(O)c2ccc(-c3csc4c(F)cccc34)o2)cc1OC.COc1ccc(C(=O)CCC(O)c2ccc(Br)o2)cc1OC.[B].[H-].[Na+]. The second-order valence-corrected chi connectivity index (χ2v) is 25.3. The van der Waals surface area contributed by atoms with Gasteiger partial charge in [-0.1, -0.05) is 12.1 Å². The Hall–Kier alpha value is -7.81. The molecule has 2 atom stereocenters. The molecule has 547 valence electrons. The van der Waals surface area contributed by atoms with Crippen molar-refractivity contribution in [1.82, 2.24) is 5.06 Å². The van der Waals surface area contributed by atoms with E-state index < -0.39 is 12.2 Å². The largest absolute Gasteiger partial charge is 1.00 e. The van der Waals surface area contributed by atoms with Crippen LogP contribution >= 0.6 is 75.1 Å². The van der Waals surface area contributed by atoms with Gasteiger partial charge in [0.15, 0.2) is 99.4 Å². The van der Waals surface area contributed by atoms with Crippen molar-refractivity contribution in [2.75, 3.05) is 71.0 Å². The molecule has 0 saturated carbocycles. The number of hydrogen-bond acceptors (Lipinski definition) is 22. The summed E-state index contributed by atoms with van der Waals surface area (Å²) in [6.45, 7) is 0. The van der Waals surface area contributed by atoms with Crippen molar-refractivity contribution < 1.29 is 135 Å². The molecule has 10 rings (SSSR count). The Morgan fingerprint density at radius 2 is 0.817 bits per heavy atom. The Labute approximate surface area is 663 Å². The van der Waals surface area contributed by atoms with Crippen molar-refractivity contribution in [3.63, 3.8) is 0 Å². The van der Waals surface area contributed by atoms with Gasteiger partial charge in [-0.15, -0.1) is 11.3 Å². The summed E-state index contributed by atoms with van der Waals surface area (Å²) in [7, 11) is 15.1. The molecule has 2 unspecified atom stereocenters. The molecule has 0 fully saturated rings. The van der Waals surface area contributed by atoms with Crippen molar-refractivity contribution in [1.29, 1.82) is 0 Å². The summed E-state index contributed by atoms with van der Waals surface area (Å²) in [5.41, 5.74) is 2.74. The number of carbonyl (C=O) groups excluding carboxylic acids is 6. The minimum Gasteiger partial charge on any atom is -1.00 e. The van der Waals surface area contributed by atoms with Crippen molar-refractivity contribution in [2.45, 2.75) is 63.6 Å². The first-order valence-electron chi connectivity index (χ1n) is 30.8. The molecule has 0 bridgehead atoms. The number of rotatable bonds is 29. The second-order valence-electron chi connectivity index (χ2n) is 21.3.